The third-order valence-corrected chi connectivity index (χ3v) is 9.09. The van der Waals surface area contributed by atoms with E-state index in [2.05, 4.69) is 15.2 Å². The highest BCUT2D eigenvalue weighted by Gasteiger charge is 2.29. The van der Waals surface area contributed by atoms with Crippen LogP contribution in [0.4, 0.5) is 5.00 Å². The highest BCUT2D eigenvalue weighted by atomic mass is 32.2. The van der Waals surface area contributed by atoms with Crippen LogP contribution in [0.1, 0.15) is 51.4 Å². The number of nitrogens with zero attached hydrogens (tertiary/aromatic N) is 1. The van der Waals surface area contributed by atoms with Crippen molar-refractivity contribution in [2.75, 3.05) is 18.5 Å². The van der Waals surface area contributed by atoms with Gasteiger partial charge in [-0.05, 0) is 56.9 Å². The molecule has 0 fully saturated rings. The minimum atomic E-state index is -0.394. The van der Waals surface area contributed by atoms with Gasteiger partial charge in [-0.2, -0.15) is 0 Å². The summed E-state index contributed by atoms with van der Waals surface area (Å²) in [5, 5.41) is 7.25. The van der Waals surface area contributed by atoms with Gasteiger partial charge < -0.3 is 19.9 Å². The molecule has 2 N–H and O–H groups in total. The summed E-state index contributed by atoms with van der Waals surface area (Å²) in [6.07, 6.45) is 4.83. The highest BCUT2D eigenvalue weighted by molar-refractivity contribution is 8.00. The number of ether oxygens (including phenoxy) is 1. The summed E-state index contributed by atoms with van der Waals surface area (Å²) in [5.74, 6) is -0.624. The lowest BCUT2D eigenvalue weighted by Gasteiger charge is -2.12. The van der Waals surface area contributed by atoms with Gasteiger partial charge in [-0.25, -0.2) is 4.79 Å². The summed E-state index contributed by atoms with van der Waals surface area (Å²) in [6, 6.07) is 17.2. The monoisotopic (exact) mass is 561 g/mol. The normalized spacial score (nSPS) is 13.2. The number of aromatic nitrogens is 1. The second-order valence-electron chi connectivity index (χ2n) is 9.36. The highest BCUT2D eigenvalue weighted by Crippen LogP contribution is 2.40. The van der Waals surface area contributed by atoms with Crippen LogP contribution in [-0.4, -0.2) is 40.8 Å². The zero-order chi connectivity index (χ0) is 27.4. The molecule has 4 aromatic rings. The number of rotatable bonds is 10. The number of esters is 1. The van der Waals surface area contributed by atoms with Gasteiger partial charge in [-0.1, -0.05) is 36.4 Å². The van der Waals surface area contributed by atoms with E-state index in [1.807, 2.05) is 55.6 Å². The number of fused-ring (bicyclic) bond motifs is 2. The number of hydrogen-bond acceptors (Lipinski definition) is 6. The van der Waals surface area contributed by atoms with E-state index in [9.17, 15) is 14.4 Å². The van der Waals surface area contributed by atoms with E-state index in [-0.39, 0.29) is 17.8 Å². The fourth-order valence-electron chi connectivity index (χ4n) is 4.84. The van der Waals surface area contributed by atoms with Gasteiger partial charge in [0.15, 0.2) is 0 Å². The van der Waals surface area contributed by atoms with E-state index in [1.165, 1.54) is 23.1 Å². The number of benzene rings is 2. The molecule has 1 aliphatic carbocycles. The van der Waals surface area contributed by atoms with Crippen molar-refractivity contribution >= 4 is 56.8 Å². The van der Waals surface area contributed by atoms with Crippen LogP contribution in [0.15, 0.2) is 65.7 Å². The average molecular weight is 562 g/mol. The van der Waals surface area contributed by atoms with Gasteiger partial charge in [0.2, 0.25) is 5.91 Å². The minimum Gasteiger partial charge on any atom is -0.462 e. The number of amides is 2. The molecule has 2 heterocycles. The zero-order valence-electron chi connectivity index (χ0n) is 22.0. The number of hydrogen-bond donors (Lipinski definition) is 2. The molecule has 7 nitrogen and oxygen atoms in total. The van der Waals surface area contributed by atoms with Crippen LogP contribution < -0.4 is 10.6 Å². The van der Waals surface area contributed by atoms with E-state index in [4.69, 9.17) is 4.74 Å². The van der Waals surface area contributed by atoms with E-state index in [0.717, 1.165) is 45.5 Å². The van der Waals surface area contributed by atoms with Gasteiger partial charge in [0.25, 0.3) is 5.91 Å². The summed E-state index contributed by atoms with van der Waals surface area (Å²) in [4.78, 5) is 40.5. The van der Waals surface area contributed by atoms with Crippen molar-refractivity contribution in [3.63, 3.8) is 0 Å². The fourth-order valence-corrected chi connectivity index (χ4v) is 7.16. The van der Waals surface area contributed by atoms with Crippen molar-refractivity contribution in [2.45, 2.75) is 49.8 Å². The van der Waals surface area contributed by atoms with Crippen molar-refractivity contribution in [1.82, 2.24) is 9.88 Å². The molecule has 0 aliphatic heterocycles. The summed E-state index contributed by atoms with van der Waals surface area (Å²) in [5.41, 5.74) is 3.22. The molecule has 2 amide bonds. The number of aryl methyl sites for hydroxylation is 1. The zero-order valence-corrected chi connectivity index (χ0v) is 23.6. The Morgan fingerprint density at radius 1 is 1.08 bits per heavy atom. The number of anilines is 1. The fraction of sp³-hybridized carbons (Fsp3) is 0.300. The van der Waals surface area contributed by atoms with E-state index in [0.29, 0.717) is 35.8 Å². The Bertz CT molecular complexity index is 1510. The molecule has 0 spiro atoms. The Labute approximate surface area is 235 Å². The third-order valence-electron chi connectivity index (χ3n) is 6.74. The van der Waals surface area contributed by atoms with Crippen molar-refractivity contribution in [1.29, 1.82) is 0 Å². The molecule has 1 aliphatic rings. The first-order chi connectivity index (χ1) is 19.0. The molecule has 202 valence electrons. The quantitative estimate of drug-likeness (QED) is 0.185. The first-order valence-electron chi connectivity index (χ1n) is 13.2. The molecule has 9 heteroatoms. The Morgan fingerprint density at radius 3 is 2.64 bits per heavy atom. The smallest absolute Gasteiger partial charge is 0.341 e. The number of para-hydroxylation sites is 1. The maximum Gasteiger partial charge on any atom is 0.341 e. The lowest BCUT2D eigenvalue weighted by molar-refractivity contribution is -0.115. The average Bonchev–Trinajstić information content (AvgIpc) is 3.63. The minimum absolute atomic E-state index is 0.103. The van der Waals surface area contributed by atoms with Crippen LogP contribution in [0.2, 0.25) is 0 Å². The topological polar surface area (TPSA) is 89.4 Å². The maximum absolute atomic E-state index is 13.3. The first-order valence-corrected chi connectivity index (χ1v) is 14.9. The SMILES string of the molecule is CCOC(=O)c1c(NC(=O)[C@H](C)Sc2cn(CCNC(=O)c3ccccc3)c3ccccc23)sc2c1CCC2. The van der Waals surface area contributed by atoms with Crippen molar-refractivity contribution in [2.24, 2.45) is 0 Å². The second-order valence-corrected chi connectivity index (χ2v) is 11.8. The molecule has 1 atom stereocenters. The van der Waals surface area contributed by atoms with E-state index < -0.39 is 5.25 Å². The molecule has 2 aromatic heterocycles. The molecule has 0 unspecified atom stereocenters. The predicted octanol–water partition coefficient (Wildman–Crippen LogP) is 5.92. The maximum atomic E-state index is 13.3. The molecule has 0 saturated carbocycles. The second kappa shape index (κ2) is 12.1. The lowest BCUT2D eigenvalue weighted by atomic mass is 10.1. The van der Waals surface area contributed by atoms with Crippen LogP contribution in [-0.2, 0) is 28.9 Å². The van der Waals surface area contributed by atoms with Crippen LogP contribution >= 0.6 is 23.1 Å². The number of nitrogens with one attached hydrogen (secondary N) is 2. The molecule has 5 rings (SSSR count). The van der Waals surface area contributed by atoms with Crippen LogP contribution in [0, 0.1) is 0 Å². The van der Waals surface area contributed by atoms with Gasteiger partial charge in [0, 0.05) is 45.5 Å². The van der Waals surface area contributed by atoms with Gasteiger partial charge in [-0.3, -0.25) is 9.59 Å². The predicted molar refractivity (Wildman–Crippen MR) is 157 cm³/mol. The Kier molecular flexibility index (Phi) is 8.38. The first kappa shape index (κ1) is 27.0. The lowest BCUT2D eigenvalue weighted by Crippen LogP contribution is -2.27. The van der Waals surface area contributed by atoms with Gasteiger partial charge in [0.05, 0.1) is 17.4 Å². The van der Waals surface area contributed by atoms with Crippen LogP contribution in [0.5, 0.6) is 0 Å². The van der Waals surface area contributed by atoms with E-state index >= 15 is 0 Å². The largest absolute Gasteiger partial charge is 0.462 e. The number of thiophene rings is 1. The van der Waals surface area contributed by atoms with Crippen molar-refractivity contribution in [3.8, 4) is 0 Å². The molecular weight excluding hydrogens is 530 g/mol. The summed E-state index contributed by atoms with van der Waals surface area (Å²) < 4.78 is 7.40. The van der Waals surface area contributed by atoms with Crippen LogP contribution in [0.3, 0.4) is 0 Å². The molecule has 0 bridgehead atoms. The standard InChI is InChI=1S/C30H31N3O4S2/c1-3-37-30(36)26-22-13-9-15-24(22)39-29(26)32-27(34)19(2)38-25-18-33(23-14-8-7-12-21(23)25)17-16-31-28(35)20-10-5-4-6-11-20/h4-8,10-12,14,18-19H,3,9,13,15-17H2,1-2H3,(H,31,35)(H,32,34)/t19-/m0/s1. The number of thioether (sulfide) groups is 1. The Morgan fingerprint density at radius 2 is 1.85 bits per heavy atom. The molecule has 39 heavy (non-hydrogen) atoms. The Balaban J connectivity index is 1.27. The van der Waals surface area contributed by atoms with Gasteiger partial charge in [0.1, 0.15) is 5.00 Å². The van der Waals surface area contributed by atoms with Crippen molar-refractivity contribution in [3.05, 3.63) is 82.4 Å². The third kappa shape index (κ3) is 5.89. The molecule has 2 aromatic carbocycles. The number of carbonyl (C=O) groups is 3. The summed E-state index contributed by atoms with van der Waals surface area (Å²) in [6.45, 7) is 5.03. The van der Waals surface area contributed by atoms with Crippen LogP contribution in [0.25, 0.3) is 10.9 Å². The molecule has 0 radical (unpaired) electrons. The number of carbonyl (C=O) groups excluding carboxylic acids is 3. The molecule has 0 saturated heterocycles. The summed E-state index contributed by atoms with van der Waals surface area (Å²) >= 11 is 2.97. The Hall–Kier alpha value is -3.56. The van der Waals surface area contributed by atoms with Gasteiger partial charge >= 0.3 is 5.97 Å². The summed E-state index contributed by atoms with van der Waals surface area (Å²) in [7, 11) is 0. The van der Waals surface area contributed by atoms with Gasteiger partial charge in [-0.15, -0.1) is 23.1 Å². The van der Waals surface area contributed by atoms with Crippen molar-refractivity contribution < 1.29 is 19.1 Å². The van der Waals surface area contributed by atoms with E-state index in [1.54, 1.807) is 19.1 Å². The molecular formula is C30H31N3O4S2.